The highest BCUT2D eigenvalue weighted by molar-refractivity contribution is 5.94. The second-order valence-electron chi connectivity index (χ2n) is 8.61. The molecule has 4 N–H and O–H groups in total. The predicted molar refractivity (Wildman–Crippen MR) is 134 cm³/mol. The highest BCUT2D eigenvalue weighted by Gasteiger charge is 2.32. The van der Waals surface area contributed by atoms with E-state index in [1.165, 1.54) is 6.92 Å². The van der Waals surface area contributed by atoms with Crippen LogP contribution in [0, 0.1) is 0 Å². The van der Waals surface area contributed by atoms with Crippen LogP contribution in [0.15, 0.2) is 66.7 Å². The van der Waals surface area contributed by atoms with Gasteiger partial charge in [-0.1, -0.05) is 30.3 Å². The van der Waals surface area contributed by atoms with Crippen molar-refractivity contribution >= 4 is 28.9 Å². The summed E-state index contributed by atoms with van der Waals surface area (Å²) in [6, 6.07) is 22.2. The fourth-order valence-corrected chi connectivity index (χ4v) is 4.63. The Kier molecular flexibility index (Phi) is 6.47. The van der Waals surface area contributed by atoms with Crippen LogP contribution in [0.5, 0.6) is 0 Å². The molecule has 1 aliphatic heterocycles. The molecule has 0 aromatic heterocycles. The summed E-state index contributed by atoms with van der Waals surface area (Å²) in [5.41, 5.74) is 12.7. The Morgan fingerprint density at radius 3 is 2.42 bits per heavy atom. The Labute approximate surface area is 194 Å². The maximum absolute atomic E-state index is 12.5. The molecule has 0 unspecified atom stereocenters. The zero-order valence-corrected chi connectivity index (χ0v) is 19.3. The minimum atomic E-state index is -0.104. The third-order valence-corrected chi connectivity index (χ3v) is 6.04. The van der Waals surface area contributed by atoms with Crippen molar-refractivity contribution < 1.29 is 9.59 Å². The SMILES string of the molecule is CC(=O)Nc1cccc(-c2ccc3c(c2)[C@H](Nc2cccc(CN)c2)C[C@H](C)N3C(C)=O)c1. The molecular formula is C27H30N4O2. The fraction of sp³-hybridized carbons (Fsp3) is 0.259. The number of benzene rings is 3. The molecule has 0 radical (unpaired) electrons. The summed E-state index contributed by atoms with van der Waals surface area (Å²) in [6.45, 7) is 5.68. The Hall–Kier alpha value is -3.64. The number of fused-ring (bicyclic) bond motifs is 1. The summed E-state index contributed by atoms with van der Waals surface area (Å²) in [5, 5.41) is 6.51. The number of hydrogen-bond acceptors (Lipinski definition) is 4. The summed E-state index contributed by atoms with van der Waals surface area (Å²) in [6.07, 6.45) is 0.787. The van der Waals surface area contributed by atoms with Gasteiger partial charge in [0.25, 0.3) is 0 Å². The van der Waals surface area contributed by atoms with Gasteiger partial charge in [0.05, 0.1) is 6.04 Å². The topological polar surface area (TPSA) is 87.5 Å². The van der Waals surface area contributed by atoms with Gasteiger partial charge in [-0.15, -0.1) is 0 Å². The van der Waals surface area contributed by atoms with Crippen molar-refractivity contribution in [2.24, 2.45) is 5.73 Å². The van der Waals surface area contributed by atoms with Crippen LogP contribution >= 0.6 is 0 Å². The van der Waals surface area contributed by atoms with E-state index >= 15 is 0 Å². The van der Waals surface area contributed by atoms with E-state index in [1.54, 1.807) is 6.92 Å². The van der Waals surface area contributed by atoms with E-state index in [0.29, 0.717) is 6.54 Å². The molecular weight excluding hydrogens is 412 g/mol. The zero-order valence-electron chi connectivity index (χ0n) is 19.3. The first-order valence-corrected chi connectivity index (χ1v) is 11.2. The molecule has 6 nitrogen and oxygen atoms in total. The number of hydrogen-bond donors (Lipinski definition) is 3. The highest BCUT2D eigenvalue weighted by atomic mass is 16.2. The first-order chi connectivity index (χ1) is 15.9. The molecule has 0 spiro atoms. The summed E-state index contributed by atoms with van der Waals surface area (Å²) in [5.74, 6) is -0.0691. The zero-order chi connectivity index (χ0) is 23.5. The molecule has 3 aromatic carbocycles. The van der Waals surface area contributed by atoms with Crippen molar-refractivity contribution in [1.29, 1.82) is 0 Å². The molecule has 4 rings (SSSR count). The maximum Gasteiger partial charge on any atom is 0.224 e. The van der Waals surface area contributed by atoms with Gasteiger partial charge in [0, 0.05) is 43.5 Å². The number of nitrogens with one attached hydrogen (secondary N) is 2. The lowest BCUT2D eigenvalue weighted by Gasteiger charge is -2.40. The lowest BCUT2D eigenvalue weighted by Crippen LogP contribution is -2.43. The molecule has 6 heteroatoms. The first-order valence-electron chi connectivity index (χ1n) is 11.2. The van der Waals surface area contributed by atoms with Gasteiger partial charge in [-0.25, -0.2) is 0 Å². The van der Waals surface area contributed by atoms with Crippen molar-refractivity contribution in [3.63, 3.8) is 0 Å². The van der Waals surface area contributed by atoms with E-state index in [4.69, 9.17) is 5.73 Å². The van der Waals surface area contributed by atoms with Gasteiger partial charge < -0.3 is 21.3 Å². The second-order valence-corrected chi connectivity index (χ2v) is 8.61. The molecule has 0 bridgehead atoms. The van der Waals surface area contributed by atoms with Crippen LogP contribution in [0.3, 0.4) is 0 Å². The van der Waals surface area contributed by atoms with Crippen molar-refractivity contribution in [3.8, 4) is 11.1 Å². The Morgan fingerprint density at radius 1 is 0.970 bits per heavy atom. The normalized spacial score (nSPS) is 17.3. The second kappa shape index (κ2) is 9.46. The largest absolute Gasteiger partial charge is 0.378 e. The quantitative estimate of drug-likeness (QED) is 0.515. The van der Waals surface area contributed by atoms with Crippen LogP contribution < -0.4 is 21.3 Å². The lowest BCUT2D eigenvalue weighted by molar-refractivity contribution is -0.117. The molecule has 0 aliphatic carbocycles. The van der Waals surface area contributed by atoms with Crippen molar-refractivity contribution in [3.05, 3.63) is 77.9 Å². The average Bonchev–Trinajstić information content (AvgIpc) is 2.78. The molecule has 1 aliphatic rings. The van der Waals surface area contributed by atoms with Crippen LogP contribution in [0.1, 0.15) is 44.4 Å². The van der Waals surface area contributed by atoms with E-state index in [9.17, 15) is 9.59 Å². The molecule has 0 fully saturated rings. The smallest absolute Gasteiger partial charge is 0.224 e. The first kappa shape index (κ1) is 22.6. The Bertz CT molecular complexity index is 1190. The summed E-state index contributed by atoms with van der Waals surface area (Å²) in [4.78, 5) is 25.8. The average molecular weight is 443 g/mol. The monoisotopic (exact) mass is 442 g/mol. The van der Waals surface area contributed by atoms with Crippen LogP contribution in [0.25, 0.3) is 11.1 Å². The summed E-state index contributed by atoms with van der Waals surface area (Å²) in [7, 11) is 0. The van der Waals surface area contributed by atoms with Crippen LogP contribution in [-0.4, -0.2) is 17.9 Å². The molecule has 2 amide bonds. The van der Waals surface area contributed by atoms with Crippen molar-refractivity contribution in [2.45, 2.75) is 45.8 Å². The van der Waals surface area contributed by atoms with Crippen molar-refractivity contribution in [1.82, 2.24) is 0 Å². The number of rotatable bonds is 5. The van der Waals surface area contributed by atoms with E-state index in [2.05, 4.69) is 29.7 Å². The van der Waals surface area contributed by atoms with Gasteiger partial charge in [-0.2, -0.15) is 0 Å². The minimum Gasteiger partial charge on any atom is -0.378 e. The van der Waals surface area contributed by atoms with E-state index in [0.717, 1.165) is 45.7 Å². The standard InChI is InChI=1S/C27H30N4O2/c1-17-12-26(30-23-8-4-6-20(13-23)16-28)25-15-22(10-11-27(25)31(17)19(3)33)21-7-5-9-24(14-21)29-18(2)32/h4-11,13-15,17,26,30H,12,16,28H2,1-3H3,(H,29,32)/t17-,26+/m0/s1. The van der Waals surface area contributed by atoms with Gasteiger partial charge in [-0.3, -0.25) is 9.59 Å². The van der Waals surface area contributed by atoms with Gasteiger partial charge >= 0.3 is 0 Å². The highest BCUT2D eigenvalue weighted by Crippen LogP contribution is 2.41. The van der Waals surface area contributed by atoms with Crippen LogP contribution in [0.2, 0.25) is 0 Å². The predicted octanol–water partition coefficient (Wildman–Crippen LogP) is 5.07. The number of nitrogens with zero attached hydrogens (tertiary/aromatic N) is 1. The Balaban J connectivity index is 1.75. The third-order valence-electron chi connectivity index (χ3n) is 6.04. The molecule has 2 atom stereocenters. The van der Waals surface area contributed by atoms with Gasteiger partial charge in [-0.05, 0) is 72.0 Å². The molecule has 3 aromatic rings. The number of carbonyl (C=O) groups excluding carboxylic acids is 2. The summed E-state index contributed by atoms with van der Waals surface area (Å²) < 4.78 is 0. The molecule has 0 saturated heterocycles. The van der Waals surface area contributed by atoms with Gasteiger partial charge in [0.1, 0.15) is 0 Å². The number of nitrogens with two attached hydrogens (primary N) is 1. The fourth-order valence-electron chi connectivity index (χ4n) is 4.63. The number of amides is 2. The molecule has 170 valence electrons. The third kappa shape index (κ3) is 4.91. The van der Waals surface area contributed by atoms with Gasteiger partial charge in [0.2, 0.25) is 11.8 Å². The van der Waals surface area contributed by atoms with Gasteiger partial charge in [0.15, 0.2) is 0 Å². The maximum atomic E-state index is 12.5. The summed E-state index contributed by atoms with van der Waals surface area (Å²) >= 11 is 0. The lowest BCUT2D eigenvalue weighted by atomic mass is 9.88. The van der Waals surface area contributed by atoms with Crippen LogP contribution in [-0.2, 0) is 16.1 Å². The number of anilines is 3. The van der Waals surface area contributed by atoms with E-state index in [-0.39, 0.29) is 23.9 Å². The molecule has 1 heterocycles. The van der Waals surface area contributed by atoms with Crippen molar-refractivity contribution in [2.75, 3.05) is 15.5 Å². The molecule has 33 heavy (non-hydrogen) atoms. The van der Waals surface area contributed by atoms with E-state index < -0.39 is 0 Å². The molecule has 0 saturated carbocycles. The number of carbonyl (C=O) groups is 2. The van der Waals surface area contributed by atoms with Crippen LogP contribution in [0.4, 0.5) is 17.1 Å². The Morgan fingerprint density at radius 2 is 1.70 bits per heavy atom. The minimum absolute atomic E-state index is 0.0349. The van der Waals surface area contributed by atoms with E-state index in [1.807, 2.05) is 59.5 Å².